The lowest BCUT2D eigenvalue weighted by Gasteiger charge is -2.25. The van der Waals surface area contributed by atoms with Crippen LogP contribution in [0.2, 0.25) is 0 Å². The molecule has 4 heteroatoms. The van der Waals surface area contributed by atoms with Crippen molar-refractivity contribution in [2.24, 2.45) is 5.92 Å². The van der Waals surface area contributed by atoms with Crippen molar-refractivity contribution >= 4 is 5.97 Å². The molecular formula is C14H24O4. The van der Waals surface area contributed by atoms with Crippen LogP contribution in [0.25, 0.3) is 0 Å². The van der Waals surface area contributed by atoms with Gasteiger partial charge in [0.05, 0.1) is 0 Å². The molecule has 1 heterocycles. The predicted octanol–water partition coefficient (Wildman–Crippen LogP) is 3.37. The van der Waals surface area contributed by atoms with E-state index in [-0.39, 0.29) is 12.6 Å². The smallest absolute Gasteiger partial charge is 0.306 e. The summed E-state index contributed by atoms with van der Waals surface area (Å²) in [5, 5.41) is 0. The molecule has 1 aliphatic rings. The van der Waals surface area contributed by atoms with Gasteiger partial charge in [0.25, 0.3) is 0 Å². The maximum Gasteiger partial charge on any atom is 0.306 e. The highest BCUT2D eigenvalue weighted by molar-refractivity contribution is 5.69. The third-order valence-electron chi connectivity index (χ3n) is 2.68. The Morgan fingerprint density at radius 1 is 1.50 bits per heavy atom. The van der Waals surface area contributed by atoms with E-state index < -0.39 is 5.79 Å². The monoisotopic (exact) mass is 256 g/mol. The van der Waals surface area contributed by atoms with Crippen LogP contribution in [-0.2, 0) is 19.0 Å². The zero-order valence-corrected chi connectivity index (χ0v) is 11.8. The third-order valence-corrected chi connectivity index (χ3v) is 2.68. The van der Waals surface area contributed by atoms with E-state index >= 15 is 0 Å². The maximum absolute atomic E-state index is 11.4. The number of hydrogen-bond donors (Lipinski definition) is 0. The number of carbonyl (C=O) groups excluding carboxylic acids is 1. The van der Waals surface area contributed by atoms with Crippen LogP contribution in [0.4, 0.5) is 0 Å². The molecule has 1 aliphatic heterocycles. The second-order valence-electron chi connectivity index (χ2n) is 5.30. The largest absolute Gasteiger partial charge is 0.457 e. The van der Waals surface area contributed by atoms with Crippen molar-refractivity contribution < 1.29 is 19.0 Å². The molecule has 0 aromatic heterocycles. The van der Waals surface area contributed by atoms with Gasteiger partial charge in [-0.25, -0.2) is 0 Å². The van der Waals surface area contributed by atoms with Crippen LogP contribution in [0.1, 0.15) is 53.4 Å². The molecule has 0 aliphatic carbocycles. The van der Waals surface area contributed by atoms with Gasteiger partial charge < -0.3 is 14.2 Å². The molecule has 1 unspecified atom stereocenters. The number of carbonyl (C=O) groups is 1. The van der Waals surface area contributed by atoms with E-state index in [9.17, 15) is 4.79 Å². The number of unbranched alkanes of at least 4 members (excludes halogenated alkanes) is 1. The summed E-state index contributed by atoms with van der Waals surface area (Å²) in [4.78, 5) is 11.4. The summed E-state index contributed by atoms with van der Waals surface area (Å²) in [6.45, 7) is 8.33. The highest BCUT2D eigenvalue weighted by Gasteiger charge is 2.34. The molecule has 0 amide bonds. The van der Waals surface area contributed by atoms with Crippen LogP contribution < -0.4 is 0 Å². The van der Waals surface area contributed by atoms with Gasteiger partial charge in [-0.15, -0.1) is 0 Å². The Bertz CT molecular complexity index is 309. The Kier molecular flexibility index (Phi) is 5.51. The quantitative estimate of drug-likeness (QED) is 0.655. The highest BCUT2D eigenvalue weighted by atomic mass is 16.7. The molecule has 0 spiro atoms. The summed E-state index contributed by atoms with van der Waals surface area (Å²) in [5.74, 6) is 0.274. The third kappa shape index (κ3) is 4.98. The second kappa shape index (κ2) is 6.66. The number of hydrogen-bond acceptors (Lipinski definition) is 4. The lowest BCUT2D eigenvalue weighted by molar-refractivity contribution is -0.156. The SMILES string of the molecule is CCCCC(=O)OCC1=COC(C)(CC(C)C)O1. The maximum atomic E-state index is 11.4. The molecule has 0 N–H and O–H groups in total. The van der Waals surface area contributed by atoms with Crippen molar-refractivity contribution in [2.75, 3.05) is 6.61 Å². The molecule has 0 radical (unpaired) electrons. The molecule has 1 atom stereocenters. The van der Waals surface area contributed by atoms with E-state index in [0.717, 1.165) is 19.3 Å². The standard InChI is InChI=1S/C14H24O4/c1-5-6-7-13(15)16-9-12-10-17-14(4,18-12)8-11(2)3/h10-11H,5-9H2,1-4H3. The van der Waals surface area contributed by atoms with Crippen LogP contribution in [0, 0.1) is 5.92 Å². The molecule has 0 saturated carbocycles. The topological polar surface area (TPSA) is 44.8 Å². The fourth-order valence-electron chi connectivity index (χ4n) is 1.96. The van der Waals surface area contributed by atoms with Gasteiger partial charge in [-0.3, -0.25) is 4.79 Å². The first-order valence-corrected chi connectivity index (χ1v) is 6.66. The van der Waals surface area contributed by atoms with Gasteiger partial charge in [0.1, 0.15) is 6.26 Å². The van der Waals surface area contributed by atoms with Crippen LogP contribution >= 0.6 is 0 Å². The van der Waals surface area contributed by atoms with E-state index in [1.165, 1.54) is 0 Å². The van der Waals surface area contributed by atoms with Crippen molar-refractivity contribution in [3.8, 4) is 0 Å². The van der Waals surface area contributed by atoms with Gasteiger partial charge in [0.2, 0.25) is 5.79 Å². The summed E-state index contributed by atoms with van der Waals surface area (Å²) >= 11 is 0. The van der Waals surface area contributed by atoms with Gasteiger partial charge in [-0.05, 0) is 12.3 Å². The second-order valence-corrected chi connectivity index (χ2v) is 5.30. The summed E-state index contributed by atoms with van der Waals surface area (Å²) in [7, 11) is 0. The summed E-state index contributed by atoms with van der Waals surface area (Å²) in [5.41, 5.74) is 0. The van der Waals surface area contributed by atoms with Gasteiger partial charge in [-0.2, -0.15) is 0 Å². The van der Waals surface area contributed by atoms with E-state index in [0.29, 0.717) is 18.1 Å². The molecule has 0 aromatic carbocycles. The van der Waals surface area contributed by atoms with Crippen molar-refractivity contribution in [1.82, 2.24) is 0 Å². The summed E-state index contributed by atoms with van der Waals surface area (Å²) in [6, 6.07) is 0. The Morgan fingerprint density at radius 3 is 2.83 bits per heavy atom. The fourth-order valence-corrected chi connectivity index (χ4v) is 1.96. The van der Waals surface area contributed by atoms with Crippen LogP contribution in [0.3, 0.4) is 0 Å². The van der Waals surface area contributed by atoms with Crippen LogP contribution in [0.5, 0.6) is 0 Å². The van der Waals surface area contributed by atoms with Crippen molar-refractivity contribution in [2.45, 2.75) is 59.2 Å². The Morgan fingerprint density at radius 2 is 2.22 bits per heavy atom. The first kappa shape index (κ1) is 14.9. The number of esters is 1. The van der Waals surface area contributed by atoms with Gasteiger partial charge in [0.15, 0.2) is 12.4 Å². The molecule has 18 heavy (non-hydrogen) atoms. The highest BCUT2D eigenvalue weighted by Crippen LogP contribution is 2.31. The first-order chi connectivity index (χ1) is 8.45. The van der Waals surface area contributed by atoms with E-state index in [1.807, 2.05) is 13.8 Å². The average molecular weight is 256 g/mol. The van der Waals surface area contributed by atoms with Gasteiger partial charge in [0, 0.05) is 19.8 Å². The number of rotatable bonds is 7. The van der Waals surface area contributed by atoms with Gasteiger partial charge >= 0.3 is 5.97 Å². The predicted molar refractivity (Wildman–Crippen MR) is 68.6 cm³/mol. The lowest BCUT2D eigenvalue weighted by atomic mass is 10.0. The van der Waals surface area contributed by atoms with Crippen LogP contribution in [-0.4, -0.2) is 18.4 Å². The van der Waals surface area contributed by atoms with Crippen molar-refractivity contribution in [1.29, 1.82) is 0 Å². The van der Waals surface area contributed by atoms with E-state index in [4.69, 9.17) is 14.2 Å². The molecule has 0 fully saturated rings. The van der Waals surface area contributed by atoms with Crippen LogP contribution in [0.15, 0.2) is 12.0 Å². The molecule has 0 bridgehead atoms. The Hall–Kier alpha value is -1.19. The molecular weight excluding hydrogens is 232 g/mol. The average Bonchev–Trinajstić information content (AvgIpc) is 2.64. The minimum Gasteiger partial charge on any atom is -0.457 e. The van der Waals surface area contributed by atoms with Crippen molar-refractivity contribution in [3.63, 3.8) is 0 Å². The van der Waals surface area contributed by atoms with E-state index in [1.54, 1.807) is 6.26 Å². The summed E-state index contributed by atoms with van der Waals surface area (Å²) < 4.78 is 16.3. The van der Waals surface area contributed by atoms with Crippen molar-refractivity contribution in [3.05, 3.63) is 12.0 Å². The normalized spacial score (nSPS) is 22.4. The molecule has 0 saturated heterocycles. The zero-order valence-electron chi connectivity index (χ0n) is 11.8. The first-order valence-electron chi connectivity index (χ1n) is 6.66. The Balaban J connectivity index is 2.27. The van der Waals surface area contributed by atoms with Gasteiger partial charge in [-0.1, -0.05) is 27.2 Å². The Labute approximate surface area is 109 Å². The fraction of sp³-hybridized carbons (Fsp3) is 0.786. The molecule has 1 rings (SSSR count). The summed E-state index contributed by atoms with van der Waals surface area (Å²) in [6.07, 6.45) is 4.67. The molecule has 104 valence electrons. The lowest BCUT2D eigenvalue weighted by Crippen LogP contribution is -2.28. The molecule has 0 aromatic rings. The zero-order chi connectivity index (χ0) is 13.6. The minimum atomic E-state index is -0.612. The minimum absolute atomic E-state index is 0.163. The molecule has 4 nitrogen and oxygen atoms in total. The number of ether oxygens (including phenoxy) is 3. The van der Waals surface area contributed by atoms with E-state index in [2.05, 4.69) is 13.8 Å².